The molecule has 66 valence electrons. The minimum atomic E-state index is 0.425. The maximum atomic E-state index is 3.68. The van der Waals surface area contributed by atoms with Gasteiger partial charge in [-0.3, -0.25) is 5.32 Å². The second kappa shape index (κ2) is 3.81. The van der Waals surface area contributed by atoms with E-state index in [2.05, 4.69) is 37.8 Å². The lowest BCUT2D eigenvalue weighted by molar-refractivity contribution is 0.411. The van der Waals surface area contributed by atoms with Gasteiger partial charge in [0.1, 0.15) is 0 Å². The van der Waals surface area contributed by atoms with E-state index in [1.807, 2.05) is 0 Å². The highest BCUT2D eigenvalue weighted by Crippen LogP contribution is 2.36. The monoisotopic (exact) mass is 173 g/mol. The van der Waals surface area contributed by atoms with Crippen LogP contribution in [0.5, 0.6) is 0 Å². The number of rotatable bonds is 3. The van der Waals surface area contributed by atoms with E-state index in [0.29, 0.717) is 10.9 Å². The van der Waals surface area contributed by atoms with E-state index in [1.165, 1.54) is 25.0 Å². The highest BCUT2D eigenvalue weighted by Gasteiger charge is 2.34. The van der Waals surface area contributed by atoms with Crippen LogP contribution in [0.4, 0.5) is 0 Å². The Balaban J connectivity index is 2.48. The summed E-state index contributed by atoms with van der Waals surface area (Å²) in [4.78, 5) is 0.425. The molecule has 1 nitrogen and oxygen atoms in total. The first-order valence-corrected chi connectivity index (χ1v) is 5.62. The van der Waals surface area contributed by atoms with Crippen molar-refractivity contribution in [2.75, 3.05) is 5.75 Å². The van der Waals surface area contributed by atoms with Crippen molar-refractivity contribution in [3.63, 3.8) is 0 Å². The summed E-state index contributed by atoms with van der Waals surface area (Å²) >= 11 is 2.11. The number of nitrogens with one attached hydrogen (secondary N) is 1. The first kappa shape index (κ1) is 9.40. The first-order valence-electron chi connectivity index (χ1n) is 4.64. The summed E-state index contributed by atoms with van der Waals surface area (Å²) in [6.45, 7) is 6.83. The van der Waals surface area contributed by atoms with Crippen molar-refractivity contribution < 1.29 is 0 Å². The molecule has 1 rings (SSSR count). The lowest BCUT2D eigenvalue weighted by Crippen LogP contribution is -2.39. The van der Waals surface area contributed by atoms with Crippen LogP contribution in [0.2, 0.25) is 0 Å². The summed E-state index contributed by atoms with van der Waals surface area (Å²) < 4.78 is 0. The molecule has 1 aliphatic rings. The van der Waals surface area contributed by atoms with E-state index >= 15 is 0 Å². The van der Waals surface area contributed by atoms with Gasteiger partial charge in [-0.2, -0.15) is 0 Å². The van der Waals surface area contributed by atoms with E-state index in [1.54, 1.807) is 0 Å². The third-order valence-electron chi connectivity index (χ3n) is 2.34. The Labute approximate surface area is 74.3 Å². The molecule has 2 heteroatoms. The summed E-state index contributed by atoms with van der Waals surface area (Å²) in [5.41, 5.74) is 0. The Hall–Kier alpha value is 0.310. The molecule has 1 N–H and O–H groups in total. The van der Waals surface area contributed by atoms with Gasteiger partial charge in [0.05, 0.1) is 4.87 Å². The summed E-state index contributed by atoms with van der Waals surface area (Å²) in [6, 6.07) is 0.714. The summed E-state index contributed by atoms with van der Waals surface area (Å²) in [6.07, 6.45) is 3.87. The molecule has 0 amide bonds. The van der Waals surface area contributed by atoms with Gasteiger partial charge in [0.2, 0.25) is 0 Å². The quantitative estimate of drug-likeness (QED) is 0.704. The molecule has 2 atom stereocenters. The van der Waals surface area contributed by atoms with E-state index < -0.39 is 0 Å². The van der Waals surface area contributed by atoms with E-state index in [0.717, 1.165) is 0 Å². The molecule has 0 aromatic heterocycles. The molecule has 0 radical (unpaired) electrons. The molecule has 2 unspecified atom stereocenters. The Kier molecular flexibility index (Phi) is 3.26. The first-order chi connectivity index (χ1) is 5.22. The van der Waals surface area contributed by atoms with Crippen LogP contribution in [0.3, 0.4) is 0 Å². The Morgan fingerprint density at radius 3 is 2.64 bits per heavy atom. The Morgan fingerprint density at radius 1 is 1.55 bits per heavy atom. The van der Waals surface area contributed by atoms with Crippen molar-refractivity contribution in [1.29, 1.82) is 0 Å². The van der Waals surface area contributed by atoms with Crippen LogP contribution < -0.4 is 5.32 Å². The van der Waals surface area contributed by atoms with Gasteiger partial charge in [0, 0.05) is 11.8 Å². The molecule has 0 bridgehead atoms. The topological polar surface area (TPSA) is 12.0 Å². The minimum Gasteiger partial charge on any atom is -0.299 e. The summed E-state index contributed by atoms with van der Waals surface area (Å²) in [5.74, 6) is 1.29. The molecule has 1 aliphatic heterocycles. The van der Waals surface area contributed by atoms with Gasteiger partial charge in [-0.25, -0.2) is 0 Å². The zero-order valence-corrected chi connectivity index (χ0v) is 8.63. The molecule has 0 saturated carbocycles. The average molecular weight is 173 g/mol. The van der Waals surface area contributed by atoms with Crippen molar-refractivity contribution in [2.45, 2.75) is 50.9 Å². The van der Waals surface area contributed by atoms with Crippen molar-refractivity contribution in [2.24, 2.45) is 0 Å². The Bertz CT molecular complexity index is 123. The van der Waals surface area contributed by atoms with Crippen LogP contribution >= 0.6 is 11.8 Å². The maximum Gasteiger partial charge on any atom is 0.0645 e. The van der Waals surface area contributed by atoms with Gasteiger partial charge in [0.25, 0.3) is 0 Å². The largest absolute Gasteiger partial charge is 0.299 e. The normalized spacial score (nSPS) is 37.9. The number of hydrogen-bond donors (Lipinski definition) is 1. The van der Waals surface area contributed by atoms with E-state index in [4.69, 9.17) is 0 Å². The van der Waals surface area contributed by atoms with Crippen molar-refractivity contribution in [1.82, 2.24) is 5.32 Å². The third-order valence-corrected chi connectivity index (χ3v) is 4.17. The molecule has 0 spiro atoms. The van der Waals surface area contributed by atoms with E-state index in [9.17, 15) is 0 Å². The lowest BCUT2D eigenvalue weighted by atomic mass is 10.1. The SMILES string of the molecule is CCCC1(CC)NC(C)CS1. The van der Waals surface area contributed by atoms with Crippen LogP contribution in [0.1, 0.15) is 40.0 Å². The molecule has 0 aromatic rings. The van der Waals surface area contributed by atoms with Gasteiger partial charge in [0.15, 0.2) is 0 Å². The maximum absolute atomic E-state index is 3.68. The van der Waals surface area contributed by atoms with E-state index in [-0.39, 0.29) is 0 Å². The molecule has 11 heavy (non-hydrogen) atoms. The van der Waals surface area contributed by atoms with Crippen molar-refractivity contribution >= 4 is 11.8 Å². The predicted octanol–water partition coefficient (Wildman–Crippen LogP) is 2.62. The second-order valence-corrected chi connectivity index (χ2v) is 4.86. The molecule has 0 aromatic carbocycles. The molecule has 0 aliphatic carbocycles. The fraction of sp³-hybridized carbons (Fsp3) is 1.00. The average Bonchev–Trinajstić information content (AvgIpc) is 2.34. The zero-order valence-electron chi connectivity index (χ0n) is 7.81. The predicted molar refractivity (Wildman–Crippen MR) is 53.0 cm³/mol. The molecule has 1 saturated heterocycles. The summed E-state index contributed by atoms with van der Waals surface area (Å²) in [7, 11) is 0. The van der Waals surface area contributed by atoms with Gasteiger partial charge in [-0.1, -0.05) is 20.3 Å². The standard InChI is InChI=1S/C9H19NS/c1-4-6-9(5-2)10-8(3)7-11-9/h8,10H,4-7H2,1-3H3. The Morgan fingerprint density at radius 2 is 2.27 bits per heavy atom. The molecule has 1 heterocycles. The minimum absolute atomic E-state index is 0.425. The van der Waals surface area contributed by atoms with Crippen LogP contribution in [0.25, 0.3) is 0 Å². The third kappa shape index (κ3) is 2.12. The fourth-order valence-electron chi connectivity index (χ4n) is 1.75. The molecular weight excluding hydrogens is 154 g/mol. The molecular formula is C9H19NS. The van der Waals surface area contributed by atoms with Gasteiger partial charge in [-0.05, 0) is 19.8 Å². The van der Waals surface area contributed by atoms with Crippen molar-refractivity contribution in [3.8, 4) is 0 Å². The van der Waals surface area contributed by atoms with Crippen LogP contribution in [-0.2, 0) is 0 Å². The van der Waals surface area contributed by atoms with Gasteiger partial charge >= 0.3 is 0 Å². The highest BCUT2D eigenvalue weighted by molar-refractivity contribution is 8.00. The van der Waals surface area contributed by atoms with Crippen molar-refractivity contribution in [3.05, 3.63) is 0 Å². The van der Waals surface area contributed by atoms with Crippen LogP contribution in [0.15, 0.2) is 0 Å². The van der Waals surface area contributed by atoms with Gasteiger partial charge < -0.3 is 0 Å². The van der Waals surface area contributed by atoms with Gasteiger partial charge in [-0.15, -0.1) is 11.8 Å². The van der Waals surface area contributed by atoms with Crippen LogP contribution in [0, 0.1) is 0 Å². The number of thioether (sulfide) groups is 1. The second-order valence-electron chi connectivity index (χ2n) is 3.45. The smallest absolute Gasteiger partial charge is 0.0645 e. The zero-order chi connectivity index (χ0) is 8.32. The number of hydrogen-bond acceptors (Lipinski definition) is 2. The van der Waals surface area contributed by atoms with Crippen LogP contribution in [-0.4, -0.2) is 16.7 Å². The highest BCUT2D eigenvalue weighted by atomic mass is 32.2. The molecule has 1 fully saturated rings. The fourth-order valence-corrected chi connectivity index (χ4v) is 3.24. The lowest BCUT2D eigenvalue weighted by Gasteiger charge is -2.27. The summed E-state index contributed by atoms with van der Waals surface area (Å²) in [5, 5.41) is 3.68.